The van der Waals surface area contributed by atoms with Gasteiger partial charge in [0.1, 0.15) is 0 Å². The molecule has 0 aromatic heterocycles. The molecule has 2 aromatic rings. The lowest BCUT2D eigenvalue weighted by Gasteiger charge is -2.39. The molecule has 1 aliphatic rings. The Morgan fingerprint density at radius 3 is 2.29 bits per heavy atom. The van der Waals surface area contributed by atoms with Crippen LogP contribution in [0, 0.1) is 0 Å². The van der Waals surface area contributed by atoms with E-state index in [1.165, 1.54) is 29.3 Å². The van der Waals surface area contributed by atoms with Crippen molar-refractivity contribution in [2.45, 2.75) is 18.8 Å². The van der Waals surface area contributed by atoms with Crippen LogP contribution in [0.1, 0.15) is 29.3 Å². The topological polar surface area (TPSA) is 86.7 Å². The molecule has 6 nitrogen and oxygen atoms in total. The predicted octanol–water partition coefficient (Wildman–Crippen LogP) is 2.11. The molecule has 6 heteroatoms. The van der Waals surface area contributed by atoms with Gasteiger partial charge in [0, 0.05) is 6.42 Å². The SMILES string of the molecule is CC1(c2ccccc2)CC(=O)NN(c2ccc(C(=O)O)cc2)C1=O. The van der Waals surface area contributed by atoms with E-state index in [0.717, 1.165) is 5.56 Å². The minimum absolute atomic E-state index is 0.0551. The minimum Gasteiger partial charge on any atom is -0.478 e. The summed E-state index contributed by atoms with van der Waals surface area (Å²) >= 11 is 0. The van der Waals surface area contributed by atoms with Crippen LogP contribution < -0.4 is 10.4 Å². The number of hydrogen-bond donors (Lipinski definition) is 2. The fourth-order valence-electron chi connectivity index (χ4n) is 2.82. The van der Waals surface area contributed by atoms with E-state index in [0.29, 0.717) is 5.69 Å². The lowest BCUT2D eigenvalue weighted by molar-refractivity contribution is -0.136. The maximum atomic E-state index is 13.0. The third kappa shape index (κ3) is 2.62. The van der Waals surface area contributed by atoms with Gasteiger partial charge in [-0.25, -0.2) is 9.80 Å². The van der Waals surface area contributed by atoms with Crippen LogP contribution in [0.4, 0.5) is 5.69 Å². The number of carboxylic acids is 1. The van der Waals surface area contributed by atoms with Gasteiger partial charge in [-0.05, 0) is 36.8 Å². The second kappa shape index (κ2) is 5.81. The molecule has 1 saturated heterocycles. The normalized spacial score (nSPS) is 20.6. The molecular weight excluding hydrogens is 308 g/mol. The van der Waals surface area contributed by atoms with Crippen LogP contribution >= 0.6 is 0 Å². The Balaban J connectivity index is 1.98. The number of amides is 2. The highest BCUT2D eigenvalue weighted by molar-refractivity contribution is 6.08. The van der Waals surface area contributed by atoms with Crippen LogP contribution in [-0.4, -0.2) is 22.9 Å². The van der Waals surface area contributed by atoms with Crippen molar-refractivity contribution in [3.8, 4) is 0 Å². The zero-order valence-electron chi connectivity index (χ0n) is 13.0. The molecule has 3 rings (SSSR count). The first-order valence-electron chi connectivity index (χ1n) is 7.45. The number of rotatable bonds is 3. The molecule has 122 valence electrons. The van der Waals surface area contributed by atoms with Gasteiger partial charge in [0.15, 0.2) is 0 Å². The van der Waals surface area contributed by atoms with Gasteiger partial charge in [-0.3, -0.25) is 15.0 Å². The fourth-order valence-corrected chi connectivity index (χ4v) is 2.82. The summed E-state index contributed by atoms with van der Waals surface area (Å²) in [5.74, 6) is -1.59. The van der Waals surface area contributed by atoms with Gasteiger partial charge in [0.2, 0.25) is 5.91 Å². The third-order valence-electron chi connectivity index (χ3n) is 4.21. The quantitative estimate of drug-likeness (QED) is 0.905. The summed E-state index contributed by atoms with van der Waals surface area (Å²) < 4.78 is 0. The summed E-state index contributed by atoms with van der Waals surface area (Å²) in [6, 6.07) is 14.9. The number of nitrogens with one attached hydrogen (secondary N) is 1. The zero-order valence-corrected chi connectivity index (χ0v) is 13.0. The van der Waals surface area contributed by atoms with Crippen molar-refractivity contribution in [2.24, 2.45) is 0 Å². The van der Waals surface area contributed by atoms with E-state index in [1.54, 1.807) is 6.92 Å². The Kier molecular flexibility index (Phi) is 3.81. The summed E-state index contributed by atoms with van der Waals surface area (Å²) in [4.78, 5) is 36.1. The van der Waals surface area contributed by atoms with E-state index in [-0.39, 0.29) is 23.8 Å². The van der Waals surface area contributed by atoms with Gasteiger partial charge in [-0.1, -0.05) is 30.3 Å². The predicted molar refractivity (Wildman–Crippen MR) is 87.4 cm³/mol. The van der Waals surface area contributed by atoms with Crippen LogP contribution in [0.15, 0.2) is 54.6 Å². The van der Waals surface area contributed by atoms with Crippen molar-refractivity contribution in [3.63, 3.8) is 0 Å². The Labute approximate surface area is 138 Å². The zero-order chi connectivity index (χ0) is 17.3. The molecular formula is C18H16N2O4. The number of nitrogens with zero attached hydrogens (tertiary/aromatic N) is 1. The monoisotopic (exact) mass is 324 g/mol. The molecule has 1 aliphatic heterocycles. The smallest absolute Gasteiger partial charge is 0.335 e. The first kappa shape index (κ1) is 15.7. The summed E-state index contributed by atoms with van der Waals surface area (Å²) in [5, 5.41) is 10.1. The molecule has 0 radical (unpaired) electrons. The molecule has 1 fully saturated rings. The van der Waals surface area contributed by atoms with Gasteiger partial charge in [-0.15, -0.1) is 0 Å². The Morgan fingerprint density at radius 1 is 1.08 bits per heavy atom. The van der Waals surface area contributed by atoms with Crippen molar-refractivity contribution < 1.29 is 19.5 Å². The Bertz CT molecular complexity index is 802. The maximum absolute atomic E-state index is 13.0. The van der Waals surface area contributed by atoms with E-state index in [9.17, 15) is 14.4 Å². The maximum Gasteiger partial charge on any atom is 0.335 e. The van der Waals surface area contributed by atoms with Gasteiger partial charge in [0.05, 0.1) is 16.7 Å². The average molecular weight is 324 g/mol. The molecule has 1 unspecified atom stereocenters. The lowest BCUT2D eigenvalue weighted by Crippen LogP contribution is -2.60. The molecule has 0 aliphatic carbocycles. The standard InChI is InChI=1S/C18H16N2O4/c1-18(13-5-3-2-4-6-13)11-15(21)19-20(17(18)24)14-9-7-12(8-10-14)16(22)23/h2-10H,11H2,1H3,(H,19,21)(H,22,23). The molecule has 24 heavy (non-hydrogen) atoms. The van der Waals surface area contributed by atoms with E-state index < -0.39 is 11.4 Å². The van der Waals surface area contributed by atoms with E-state index in [4.69, 9.17) is 5.11 Å². The fraction of sp³-hybridized carbons (Fsp3) is 0.167. The van der Waals surface area contributed by atoms with Gasteiger partial charge >= 0.3 is 5.97 Å². The van der Waals surface area contributed by atoms with Gasteiger partial charge in [0.25, 0.3) is 5.91 Å². The van der Waals surface area contributed by atoms with E-state index in [1.807, 2.05) is 30.3 Å². The van der Waals surface area contributed by atoms with Crippen molar-refractivity contribution in [2.75, 3.05) is 5.01 Å². The van der Waals surface area contributed by atoms with Crippen LogP contribution in [0.25, 0.3) is 0 Å². The molecule has 0 bridgehead atoms. The number of anilines is 1. The first-order chi connectivity index (χ1) is 11.4. The number of aromatic carboxylic acids is 1. The van der Waals surface area contributed by atoms with Crippen molar-refractivity contribution in [1.29, 1.82) is 0 Å². The van der Waals surface area contributed by atoms with Crippen LogP contribution in [0.2, 0.25) is 0 Å². The molecule has 2 amide bonds. The third-order valence-corrected chi connectivity index (χ3v) is 4.21. The summed E-state index contributed by atoms with van der Waals surface area (Å²) in [5.41, 5.74) is 2.87. The molecule has 2 aromatic carbocycles. The molecule has 1 atom stereocenters. The number of carbonyl (C=O) groups excluding carboxylic acids is 2. The van der Waals surface area contributed by atoms with Crippen LogP contribution in [0.5, 0.6) is 0 Å². The van der Waals surface area contributed by atoms with Gasteiger partial charge in [-0.2, -0.15) is 0 Å². The highest BCUT2D eigenvalue weighted by Gasteiger charge is 2.45. The largest absolute Gasteiger partial charge is 0.478 e. The molecule has 2 N–H and O–H groups in total. The molecule has 1 heterocycles. The summed E-state index contributed by atoms with van der Waals surface area (Å²) in [6.45, 7) is 1.74. The highest BCUT2D eigenvalue weighted by Crippen LogP contribution is 2.34. The number of carboxylic acid groups (broad SMARTS) is 1. The minimum atomic E-state index is -1.05. The first-order valence-corrected chi connectivity index (χ1v) is 7.45. The van der Waals surface area contributed by atoms with Crippen molar-refractivity contribution in [3.05, 3.63) is 65.7 Å². The second-order valence-corrected chi connectivity index (χ2v) is 5.90. The summed E-state index contributed by atoms with van der Waals surface area (Å²) in [7, 11) is 0. The molecule has 0 spiro atoms. The number of hydrazine groups is 1. The number of benzene rings is 2. The van der Waals surface area contributed by atoms with Crippen molar-refractivity contribution >= 4 is 23.5 Å². The average Bonchev–Trinajstić information content (AvgIpc) is 2.59. The Morgan fingerprint density at radius 2 is 1.71 bits per heavy atom. The molecule has 0 saturated carbocycles. The van der Waals surface area contributed by atoms with E-state index in [2.05, 4.69) is 5.43 Å². The van der Waals surface area contributed by atoms with Crippen molar-refractivity contribution in [1.82, 2.24) is 5.43 Å². The van der Waals surface area contributed by atoms with Gasteiger partial charge < -0.3 is 5.11 Å². The summed E-state index contributed by atoms with van der Waals surface area (Å²) in [6.07, 6.45) is 0.0551. The number of carbonyl (C=O) groups is 3. The van der Waals surface area contributed by atoms with Crippen LogP contribution in [-0.2, 0) is 15.0 Å². The second-order valence-electron chi connectivity index (χ2n) is 5.90. The lowest BCUT2D eigenvalue weighted by atomic mass is 9.77. The van der Waals surface area contributed by atoms with E-state index >= 15 is 0 Å². The Hall–Kier alpha value is -3.15. The highest BCUT2D eigenvalue weighted by atomic mass is 16.4. The van der Waals surface area contributed by atoms with Crippen LogP contribution in [0.3, 0.4) is 0 Å². The number of hydrogen-bond acceptors (Lipinski definition) is 3.